The first-order chi connectivity index (χ1) is 10.7. The second kappa shape index (κ2) is 5.80. The third-order valence-corrected chi connectivity index (χ3v) is 5.95. The van der Waals surface area contributed by atoms with Gasteiger partial charge in [-0.1, -0.05) is 29.9 Å². The van der Waals surface area contributed by atoms with E-state index in [2.05, 4.69) is 28.0 Å². The van der Waals surface area contributed by atoms with Crippen molar-refractivity contribution in [3.63, 3.8) is 0 Å². The van der Waals surface area contributed by atoms with Gasteiger partial charge in [-0.05, 0) is 44.5 Å². The van der Waals surface area contributed by atoms with Gasteiger partial charge in [0.15, 0.2) is 5.13 Å². The van der Waals surface area contributed by atoms with Crippen LogP contribution in [0.5, 0.6) is 0 Å². The molecule has 0 spiro atoms. The third kappa shape index (κ3) is 2.85. The number of nitrogens with zero attached hydrogens (tertiary/aromatic N) is 3. The van der Waals surface area contributed by atoms with E-state index < -0.39 is 5.60 Å². The van der Waals surface area contributed by atoms with Gasteiger partial charge < -0.3 is 14.9 Å². The summed E-state index contributed by atoms with van der Waals surface area (Å²) in [6, 6.07) is 8.27. The van der Waals surface area contributed by atoms with Crippen LogP contribution in [0.4, 0.5) is 5.13 Å². The van der Waals surface area contributed by atoms with E-state index >= 15 is 0 Å². The number of thiazole rings is 1. The SMILES string of the molecule is O[C@]1(CN2CCCCC2)CCN(c2nc3ccccc3s2)C1. The lowest BCUT2D eigenvalue weighted by molar-refractivity contribution is 0.0170. The number of likely N-dealkylation sites (tertiary alicyclic amines) is 1. The Morgan fingerprint density at radius 3 is 2.77 bits per heavy atom. The fourth-order valence-corrected chi connectivity index (χ4v) is 4.67. The van der Waals surface area contributed by atoms with Gasteiger partial charge in [-0.3, -0.25) is 0 Å². The molecule has 2 aromatic rings. The van der Waals surface area contributed by atoms with Crippen LogP contribution in [0.25, 0.3) is 10.2 Å². The van der Waals surface area contributed by atoms with E-state index in [-0.39, 0.29) is 0 Å². The first-order valence-corrected chi connectivity index (χ1v) is 9.09. The number of aromatic nitrogens is 1. The lowest BCUT2D eigenvalue weighted by Crippen LogP contribution is -2.46. The van der Waals surface area contributed by atoms with Crippen LogP contribution in [0.3, 0.4) is 0 Å². The Labute approximate surface area is 135 Å². The fraction of sp³-hybridized carbons (Fsp3) is 0.588. The highest BCUT2D eigenvalue weighted by Gasteiger charge is 2.38. The first kappa shape index (κ1) is 14.4. The summed E-state index contributed by atoms with van der Waals surface area (Å²) in [5.74, 6) is 0. The molecule has 2 fully saturated rings. The van der Waals surface area contributed by atoms with E-state index in [1.54, 1.807) is 11.3 Å². The topological polar surface area (TPSA) is 39.6 Å². The Hall–Kier alpha value is -1.17. The van der Waals surface area contributed by atoms with E-state index in [1.807, 2.05) is 6.07 Å². The van der Waals surface area contributed by atoms with E-state index in [4.69, 9.17) is 4.98 Å². The summed E-state index contributed by atoms with van der Waals surface area (Å²) >= 11 is 1.73. The van der Waals surface area contributed by atoms with E-state index in [1.165, 1.54) is 24.0 Å². The van der Waals surface area contributed by atoms with Gasteiger partial charge in [0.25, 0.3) is 0 Å². The van der Waals surface area contributed by atoms with Crippen molar-refractivity contribution in [3.8, 4) is 0 Å². The normalized spacial score (nSPS) is 26.9. The van der Waals surface area contributed by atoms with Gasteiger partial charge in [0, 0.05) is 13.1 Å². The maximum Gasteiger partial charge on any atom is 0.186 e. The average molecular weight is 317 g/mol. The second-order valence-electron chi connectivity index (χ2n) is 6.70. The molecule has 0 radical (unpaired) electrons. The maximum absolute atomic E-state index is 10.9. The molecule has 4 nitrogen and oxygen atoms in total. The zero-order valence-corrected chi connectivity index (χ0v) is 13.7. The fourth-order valence-electron chi connectivity index (χ4n) is 3.68. The zero-order valence-electron chi connectivity index (χ0n) is 12.9. The summed E-state index contributed by atoms with van der Waals surface area (Å²) in [7, 11) is 0. The molecule has 2 aliphatic rings. The Kier molecular flexibility index (Phi) is 3.80. The standard InChI is InChI=1S/C17H23N3OS/c21-17(12-19-9-4-1-5-10-19)8-11-20(13-17)16-18-14-6-2-3-7-15(14)22-16/h2-3,6-7,21H,1,4-5,8-13H2/t17-/m0/s1. The molecule has 2 saturated heterocycles. The summed E-state index contributed by atoms with van der Waals surface area (Å²) in [5.41, 5.74) is 0.490. The highest BCUT2D eigenvalue weighted by Crippen LogP contribution is 2.33. The van der Waals surface area contributed by atoms with Crippen molar-refractivity contribution < 1.29 is 5.11 Å². The van der Waals surface area contributed by atoms with Crippen LogP contribution in [0.15, 0.2) is 24.3 Å². The number of benzene rings is 1. The molecule has 4 rings (SSSR count). The van der Waals surface area contributed by atoms with Crippen molar-refractivity contribution in [3.05, 3.63) is 24.3 Å². The van der Waals surface area contributed by atoms with Crippen molar-refractivity contribution >= 4 is 26.7 Å². The smallest absolute Gasteiger partial charge is 0.186 e. The lowest BCUT2D eigenvalue weighted by atomic mass is 10.0. The number of anilines is 1. The van der Waals surface area contributed by atoms with Gasteiger partial charge in [0.1, 0.15) is 0 Å². The van der Waals surface area contributed by atoms with E-state index in [0.29, 0.717) is 6.54 Å². The molecule has 1 N–H and O–H groups in total. The van der Waals surface area contributed by atoms with Gasteiger partial charge in [-0.25, -0.2) is 4.98 Å². The molecular weight excluding hydrogens is 294 g/mol. The Balaban J connectivity index is 1.46. The third-order valence-electron chi connectivity index (χ3n) is 4.85. The number of β-amino-alcohol motifs (C(OH)–C–C–N with tert-alkyl or cyclic N) is 1. The zero-order chi connectivity index (χ0) is 15.0. The maximum atomic E-state index is 10.9. The molecule has 1 atom stereocenters. The molecule has 5 heteroatoms. The Bertz CT molecular complexity index is 619. The van der Waals surface area contributed by atoms with E-state index in [0.717, 1.165) is 43.2 Å². The molecule has 1 aromatic carbocycles. The summed E-state index contributed by atoms with van der Waals surface area (Å²) in [6.07, 6.45) is 4.74. The van der Waals surface area contributed by atoms with Gasteiger partial charge in [0.05, 0.1) is 22.4 Å². The average Bonchev–Trinajstić information content (AvgIpc) is 3.12. The molecule has 22 heavy (non-hydrogen) atoms. The van der Waals surface area contributed by atoms with Crippen molar-refractivity contribution in [2.75, 3.05) is 37.6 Å². The van der Waals surface area contributed by atoms with Crippen LogP contribution in [0, 0.1) is 0 Å². The predicted octanol–water partition coefficient (Wildman–Crippen LogP) is 2.72. The van der Waals surface area contributed by atoms with Gasteiger partial charge in [-0.15, -0.1) is 0 Å². The molecule has 0 amide bonds. The number of aliphatic hydroxyl groups is 1. The van der Waals surface area contributed by atoms with Gasteiger partial charge in [-0.2, -0.15) is 0 Å². The van der Waals surface area contributed by atoms with Crippen molar-refractivity contribution in [2.24, 2.45) is 0 Å². The monoisotopic (exact) mass is 317 g/mol. The number of piperidine rings is 1. The van der Waals surface area contributed by atoms with Crippen LogP contribution in [0.1, 0.15) is 25.7 Å². The van der Waals surface area contributed by atoms with Crippen LogP contribution in [-0.2, 0) is 0 Å². The molecule has 3 heterocycles. The van der Waals surface area contributed by atoms with Crippen molar-refractivity contribution in [2.45, 2.75) is 31.3 Å². The number of hydrogen-bond donors (Lipinski definition) is 1. The highest BCUT2D eigenvalue weighted by atomic mass is 32.1. The van der Waals surface area contributed by atoms with Crippen LogP contribution in [0.2, 0.25) is 0 Å². The summed E-state index contributed by atoms with van der Waals surface area (Å²) in [6.45, 7) is 4.72. The van der Waals surface area contributed by atoms with Crippen LogP contribution >= 0.6 is 11.3 Å². The first-order valence-electron chi connectivity index (χ1n) is 8.27. The number of fused-ring (bicyclic) bond motifs is 1. The Morgan fingerprint density at radius 2 is 1.95 bits per heavy atom. The van der Waals surface area contributed by atoms with Gasteiger partial charge >= 0.3 is 0 Å². The molecule has 0 aliphatic carbocycles. The molecule has 1 aromatic heterocycles. The number of hydrogen-bond acceptors (Lipinski definition) is 5. The van der Waals surface area contributed by atoms with Crippen LogP contribution in [-0.4, -0.2) is 53.3 Å². The van der Waals surface area contributed by atoms with Crippen molar-refractivity contribution in [1.29, 1.82) is 0 Å². The van der Waals surface area contributed by atoms with Crippen LogP contribution < -0.4 is 4.90 Å². The highest BCUT2D eigenvalue weighted by molar-refractivity contribution is 7.22. The van der Waals surface area contributed by atoms with E-state index in [9.17, 15) is 5.11 Å². The summed E-state index contributed by atoms with van der Waals surface area (Å²) in [4.78, 5) is 9.42. The molecule has 0 bridgehead atoms. The summed E-state index contributed by atoms with van der Waals surface area (Å²) < 4.78 is 1.23. The molecule has 2 aliphatic heterocycles. The number of para-hydroxylation sites is 1. The minimum absolute atomic E-state index is 0.574. The van der Waals surface area contributed by atoms with Gasteiger partial charge in [0.2, 0.25) is 0 Å². The Morgan fingerprint density at radius 1 is 1.14 bits per heavy atom. The lowest BCUT2D eigenvalue weighted by Gasteiger charge is -2.33. The number of rotatable bonds is 3. The quantitative estimate of drug-likeness (QED) is 0.945. The molecule has 0 saturated carbocycles. The minimum atomic E-state index is -0.574. The second-order valence-corrected chi connectivity index (χ2v) is 7.71. The largest absolute Gasteiger partial charge is 0.387 e. The summed E-state index contributed by atoms with van der Waals surface area (Å²) in [5, 5.41) is 12.0. The molecular formula is C17H23N3OS. The molecule has 0 unspecified atom stereocenters. The predicted molar refractivity (Wildman–Crippen MR) is 91.7 cm³/mol. The molecule has 118 valence electrons. The van der Waals surface area contributed by atoms with Crippen molar-refractivity contribution in [1.82, 2.24) is 9.88 Å². The minimum Gasteiger partial charge on any atom is -0.387 e.